The summed E-state index contributed by atoms with van der Waals surface area (Å²) in [6.07, 6.45) is 2.43. The molecule has 1 aliphatic rings. The first-order valence-corrected chi connectivity index (χ1v) is 13.0. The molecule has 34 heavy (non-hydrogen) atoms. The maximum atomic E-state index is 13.0. The first-order valence-electron chi connectivity index (χ1n) is 10.4. The number of sulfonamides is 1. The number of benzene rings is 2. The Morgan fingerprint density at radius 1 is 1.12 bits per heavy atom. The highest BCUT2D eigenvalue weighted by atomic mass is 35.5. The van der Waals surface area contributed by atoms with Crippen molar-refractivity contribution in [2.45, 2.75) is 25.2 Å². The molecule has 0 spiro atoms. The Kier molecular flexibility index (Phi) is 7.11. The Morgan fingerprint density at radius 2 is 1.79 bits per heavy atom. The second-order valence-corrected chi connectivity index (χ2v) is 10.3. The van der Waals surface area contributed by atoms with Crippen LogP contribution in [0.15, 0.2) is 80.9 Å². The normalized spacial score (nSPS) is 16.6. The third-order valence-electron chi connectivity index (χ3n) is 4.72. The molecule has 3 aromatic rings. The number of hydrogen-bond acceptors (Lipinski definition) is 8. The van der Waals surface area contributed by atoms with Crippen molar-refractivity contribution in [1.29, 1.82) is 0 Å². The topological polar surface area (TPSA) is 117 Å². The minimum atomic E-state index is -4.01. The largest absolute Gasteiger partial charge is 0.613 e. The average molecular weight is 516 g/mol. The van der Waals surface area contributed by atoms with E-state index >= 15 is 0 Å². The minimum Gasteiger partial charge on any atom is -0.613 e. The number of aromatic nitrogens is 2. The van der Waals surface area contributed by atoms with Gasteiger partial charge in [0.25, 0.3) is 10.0 Å². The molecule has 0 amide bonds. The average Bonchev–Trinajstić information content (AvgIpc) is 3.23. The van der Waals surface area contributed by atoms with Gasteiger partial charge in [0.2, 0.25) is 0 Å². The molecule has 0 saturated heterocycles. The molecule has 0 fully saturated rings. The predicted molar refractivity (Wildman–Crippen MR) is 134 cm³/mol. The molecule has 1 aromatic heterocycles. The Bertz CT molecular complexity index is 1440. The molecule has 2 aromatic carbocycles. The smallest absolute Gasteiger partial charge is 0.263 e. The number of aliphatic imine (C=N–C) groups is 1. The van der Waals surface area contributed by atoms with Gasteiger partial charge in [0.1, 0.15) is 5.04 Å². The summed E-state index contributed by atoms with van der Waals surface area (Å²) in [5.74, 6) is -0.532. The fourth-order valence-corrected chi connectivity index (χ4v) is 5.16. The van der Waals surface area contributed by atoms with Crippen molar-refractivity contribution in [3.63, 3.8) is 0 Å². The highest BCUT2D eigenvalue weighted by Gasteiger charge is 2.23. The number of halogens is 1. The molecule has 0 bridgehead atoms. The van der Waals surface area contributed by atoms with Crippen molar-refractivity contribution < 1.29 is 18.3 Å². The van der Waals surface area contributed by atoms with E-state index in [0.717, 1.165) is 4.91 Å². The van der Waals surface area contributed by atoms with E-state index in [1.165, 1.54) is 36.0 Å². The van der Waals surface area contributed by atoms with Crippen LogP contribution < -0.4 is 9.83 Å². The van der Waals surface area contributed by atoms with E-state index in [1.807, 2.05) is 6.92 Å². The van der Waals surface area contributed by atoms with Gasteiger partial charge >= 0.3 is 0 Å². The van der Waals surface area contributed by atoms with Crippen LogP contribution in [0, 0.1) is 0 Å². The number of fused-ring (bicyclic) bond motifs is 1. The predicted octanol–water partition coefficient (Wildman–Crippen LogP) is 4.76. The van der Waals surface area contributed by atoms with Gasteiger partial charge in [0.05, 0.1) is 21.9 Å². The zero-order chi connectivity index (χ0) is 24.3. The molecular formula is C23H20ClN4O4S2-. The highest BCUT2D eigenvalue weighted by Crippen LogP contribution is 2.37. The van der Waals surface area contributed by atoms with Gasteiger partial charge < -0.3 is 9.84 Å². The summed E-state index contributed by atoms with van der Waals surface area (Å²) in [6.45, 7) is 3.91. The Hall–Kier alpha value is -3.08. The molecule has 0 unspecified atom stereocenters. The summed E-state index contributed by atoms with van der Waals surface area (Å²) in [7, 11) is -4.01. The molecule has 176 valence electrons. The summed E-state index contributed by atoms with van der Waals surface area (Å²) in [6, 6.07) is 12.8. The van der Waals surface area contributed by atoms with Crippen LogP contribution in [0.5, 0.6) is 0 Å². The number of hydrogen-bond donors (Lipinski definition) is 1. The van der Waals surface area contributed by atoms with Gasteiger partial charge in [-0.3, -0.25) is 4.72 Å². The maximum Gasteiger partial charge on any atom is 0.263 e. The standard InChI is InChI=1S/C23H21ClN4O4S2/c1-3-15-13-17(23(29)32-4-2)22(33-15)27-20-21(26-19-8-6-5-7-18(19)25-20)28-34(30,31)16-11-9-14(24)10-12-16/h5-13,29H,3-4H2,1-2H3,(H,26,28)/p-1. The Labute approximate surface area is 206 Å². The van der Waals surface area contributed by atoms with Crippen molar-refractivity contribution in [1.82, 2.24) is 9.97 Å². The maximum absolute atomic E-state index is 13.0. The lowest BCUT2D eigenvalue weighted by Gasteiger charge is -2.15. The first-order chi connectivity index (χ1) is 16.3. The molecule has 0 saturated carbocycles. The van der Waals surface area contributed by atoms with Crippen molar-refractivity contribution in [2.24, 2.45) is 4.99 Å². The number of nitrogens with one attached hydrogen (secondary N) is 1. The molecule has 2 heterocycles. The Morgan fingerprint density at radius 3 is 2.44 bits per heavy atom. The summed E-state index contributed by atoms with van der Waals surface area (Å²) in [5.41, 5.74) is 1.31. The van der Waals surface area contributed by atoms with Crippen LogP contribution in [0.2, 0.25) is 5.02 Å². The highest BCUT2D eigenvalue weighted by molar-refractivity contribution is 8.18. The van der Waals surface area contributed by atoms with Crippen LogP contribution in [0.1, 0.15) is 20.3 Å². The van der Waals surface area contributed by atoms with Crippen molar-refractivity contribution in [3.8, 4) is 0 Å². The fraction of sp³-hybridized carbons (Fsp3) is 0.174. The second-order valence-electron chi connectivity index (χ2n) is 7.06. The molecule has 0 aliphatic carbocycles. The molecule has 0 atom stereocenters. The summed E-state index contributed by atoms with van der Waals surface area (Å²) in [5, 5.41) is 13.3. The molecule has 1 aliphatic heterocycles. The van der Waals surface area contributed by atoms with Crippen LogP contribution in [0.25, 0.3) is 11.0 Å². The number of thioether (sulfide) groups is 1. The zero-order valence-corrected chi connectivity index (χ0v) is 20.7. The lowest BCUT2D eigenvalue weighted by molar-refractivity contribution is -0.357. The van der Waals surface area contributed by atoms with Gasteiger partial charge in [-0.2, -0.15) is 0 Å². The van der Waals surface area contributed by atoms with Crippen LogP contribution in [0.3, 0.4) is 0 Å². The van der Waals surface area contributed by atoms with Crippen molar-refractivity contribution in [2.75, 3.05) is 11.3 Å². The SMILES string of the molecule is CCOC([O-])=C1C=C(CC)SC1=Nc1nc2ccccc2nc1NS(=O)(=O)c1ccc(Cl)cc1. The van der Waals surface area contributed by atoms with Gasteiger partial charge in [-0.1, -0.05) is 49.3 Å². The monoisotopic (exact) mass is 515 g/mol. The first kappa shape index (κ1) is 24.1. The van der Waals surface area contributed by atoms with Gasteiger partial charge in [-0.25, -0.2) is 23.4 Å². The number of anilines is 1. The zero-order valence-electron chi connectivity index (χ0n) is 18.3. The molecule has 0 radical (unpaired) electrons. The molecule has 8 nitrogen and oxygen atoms in total. The molecule has 4 rings (SSSR count). The van der Waals surface area contributed by atoms with Crippen LogP contribution in [-0.2, 0) is 14.8 Å². The van der Waals surface area contributed by atoms with Gasteiger partial charge in [-0.05, 0) is 60.4 Å². The second kappa shape index (κ2) is 10.0. The van der Waals surface area contributed by atoms with E-state index in [-0.39, 0.29) is 23.1 Å². The van der Waals surface area contributed by atoms with E-state index in [2.05, 4.69) is 19.7 Å². The lowest BCUT2D eigenvalue weighted by atomic mass is 10.2. The van der Waals surface area contributed by atoms with Crippen molar-refractivity contribution >= 4 is 61.1 Å². The molecular weight excluding hydrogens is 496 g/mol. The van der Waals surface area contributed by atoms with Crippen LogP contribution in [0.4, 0.5) is 11.6 Å². The number of allylic oxidation sites excluding steroid dienone is 2. The van der Waals surface area contributed by atoms with Gasteiger partial charge in [-0.15, -0.1) is 0 Å². The molecule has 1 N–H and O–H groups in total. The van der Waals surface area contributed by atoms with Gasteiger partial charge in [0, 0.05) is 10.6 Å². The van der Waals surface area contributed by atoms with Crippen LogP contribution in [-0.4, -0.2) is 30.0 Å². The van der Waals surface area contributed by atoms with E-state index in [0.29, 0.717) is 33.1 Å². The van der Waals surface area contributed by atoms with E-state index in [1.54, 1.807) is 37.3 Å². The Balaban J connectivity index is 1.83. The summed E-state index contributed by atoms with van der Waals surface area (Å²) in [4.78, 5) is 14.5. The van der Waals surface area contributed by atoms with Gasteiger partial charge in [0.15, 0.2) is 11.6 Å². The minimum absolute atomic E-state index is 0.00872. The van der Waals surface area contributed by atoms with Crippen molar-refractivity contribution in [3.05, 3.63) is 76.1 Å². The quantitative estimate of drug-likeness (QED) is 0.450. The van der Waals surface area contributed by atoms with E-state index in [9.17, 15) is 13.5 Å². The fourth-order valence-electron chi connectivity index (χ4n) is 3.08. The third-order valence-corrected chi connectivity index (χ3v) is 7.50. The third kappa shape index (κ3) is 5.19. The number of rotatable bonds is 7. The van der Waals surface area contributed by atoms with E-state index < -0.39 is 16.0 Å². The van der Waals surface area contributed by atoms with Crippen LogP contribution >= 0.6 is 23.4 Å². The number of para-hydroxylation sites is 2. The molecule has 11 heteroatoms. The lowest BCUT2D eigenvalue weighted by Crippen LogP contribution is -2.15. The number of ether oxygens (including phenoxy) is 1. The number of nitrogens with zero attached hydrogens (tertiary/aromatic N) is 3. The van der Waals surface area contributed by atoms with E-state index in [4.69, 9.17) is 16.3 Å². The summed E-state index contributed by atoms with van der Waals surface area (Å²) < 4.78 is 33.7. The summed E-state index contributed by atoms with van der Waals surface area (Å²) >= 11 is 7.20.